The molecular formula is C20H25N5O3. The molecule has 2 aromatic rings. The van der Waals surface area contributed by atoms with E-state index in [9.17, 15) is 9.59 Å². The Morgan fingerprint density at radius 3 is 2.68 bits per heavy atom. The number of urea groups is 1. The maximum atomic E-state index is 11.9. The summed E-state index contributed by atoms with van der Waals surface area (Å²) in [5.41, 5.74) is 4.23. The maximum Gasteiger partial charge on any atom is 0.324 e. The number of aryl methyl sites for hydroxylation is 1. The van der Waals surface area contributed by atoms with Gasteiger partial charge in [0.2, 0.25) is 5.91 Å². The van der Waals surface area contributed by atoms with Crippen molar-refractivity contribution in [3.63, 3.8) is 0 Å². The van der Waals surface area contributed by atoms with E-state index >= 15 is 0 Å². The minimum Gasteiger partial charge on any atom is -0.378 e. The van der Waals surface area contributed by atoms with Crippen LogP contribution >= 0.6 is 0 Å². The second-order valence-electron chi connectivity index (χ2n) is 7.16. The summed E-state index contributed by atoms with van der Waals surface area (Å²) in [5, 5.41) is 7.33. The summed E-state index contributed by atoms with van der Waals surface area (Å²) in [7, 11) is 0. The SMILES string of the molecule is Cc1nn(-c2ccccc2)c(C)c1[C@H]1COCCN1CCN1C(=O)CNC1=O. The number of carbonyl (C=O) groups excluding carboxylic acids is 2. The Balaban J connectivity index is 1.57. The molecule has 1 aromatic heterocycles. The van der Waals surface area contributed by atoms with Crippen LogP contribution in [0.2, 0.25) is 0 Å². The quantitative estimate of drug-likeness (QED) is 0.790. The zero-order valence-corrected chi connectivity index (χ0v) is 16.2. The lowest BCUT2D eigenvalue weighted by atomic mass is 10.0. The Hall–Kier alpha value is -2.71. The van der Waals surface area contributed by atoms with Crippen LogP contribution in [0.1, 0.15) is 23.0 Å². The molecule has 148 valence electrons. The van der Waals surface area contributed by atoms with E-state index in [4.69, 9.17) is 9.84 Å². The summed E-state index contributed by atoms with van der Waals surface area (Å²) >= 11 is 0. The number of hydrogen-bond donors (Lipinski definition) is 1. The highest BCUT2D eigenvalue weighted by molar-refractivity contribution is 6.01. The van der Waals surface area contributed by atoms with Crippen LogP contribution in [-0.2, 0) is 9.53 Å². The minimum absolute atomic E-state index is 0.0481. The highest BCUT2D eigenvalue weighted by Gasteiger charge is 2.33. The molecule has 2 fully saturated rings. The predicted octanol–water partition coefficient (Wildman–Crippen LogP) is 1.41. The van der Waals surface area contributed by atoms with Crippen LogP contribution in [0.3, 0.4) is 0 Å². The monoisotopic (exact) mass is 383 g/mol. The highest BCUT2D eigenvalue weighted by Crippen LogP contribution is 2.30. The van der Waals surface area contributed by atoms with Crippen LogP contribution < -0.4 is 5.32 Å². The van der Waals surface area contributed by atoms with Crippen molar-refractivity contribution in [2.45, 2.75) is 19.9 Å². The van der Waals surface area contributed by atoms with Gasteiger partial charge in [-0.3, -0.25) is 14.6 Å². The molecule has 1 aromatic carbocycles. The van der Waals surface area contributed by atoms with E-state index in [0.29, 0.717) is 26.3 Å². The van der Waals surface area contributed by atoms with Gasteiger partial charge in [-0.15, -0.1) is 0 Å². The number of imide groups is 1. The fraction of sp³-hybridized carbons (Fsp3) is 0.450. The molecule has 0 spiro atoms. The van der Waals surface area contributed by atoms with Crippen LogP contribution in [-0.4, -0.2) is 70.9 Å². The molecule has 28 heavy (non-hydrogen) atoms. The van der Waals surface area contributed by atoms with Crippen molar-refractivity contribution in [3.8, 4) is 5.69 Å². The molecule has 8 nitrogen and oxygen atoms in total. The number of aromatic nitrogens is 2. The lowest BCUT2D eigenvalue weighted by Gasteiger charge is -2.36. The minimum atomic E-state index is -0.306. The van der Waals surface area contributed by atoms with Gasteiger partial charge in [-0.25, -0.2) is 9.48 Å². The van der Waals surface area contributed by atoms with Crippen molar-refractivity contribution in [3.05, 3.63) is 47.3 Å². The first-order valence-corrected chi connectivity index (χ1v) is 9.58. The van der Waals surface area contributed by atoms with E-state index in [-0.39, 0.29) is 24.5 Å². The molecule has 0 unspecified atom stereocenters. The van der Waals surface area contributed by atoms with Gasteiger partial charge in [-0.1, -0.05) is 18.2 Å². The van der Waals surface area contributed by atoms with Crippen molar-refractivity contribution < 1.29 is 14.3 Å². The van der Waals surface area contributed by atoms with Gasteiger partial charge < -0.3 is 10.1 Å². The number of hydrogen-bond acceptors (Lipinski definition) is 5. The molecule has 2 aliphatic heterocycles. The van der Waals surface area contributed by atoms with Crippen molar-refractivity contribution in [2.24, 2.45) is 0 Å². The largest absolute Gasteiger partial charge is 0.378 e. The number of nitrogens with one attached hydrogen (secondary N) is 1. The molecule has 1 N–H and O–H groups in total. The Morgan fingerprint density at radius 2 is 1.96 bits per heavy atom. The summed E-state index contributed by atoms with van der Waals surface area (Å²) in [4.78, 5) is 27.3. The molecular weight excluding hydrogens is 358 g/mol. The summed E-state index contributed by atoms with van der Waals surface area (Å²) in [5.74, 6) is -0.168. The number of para-hydroxylation sites is 1. The smallest absolute Gasteiger partial charge is 0.324 e. The van der Waals surface area contributed by atoms with E-state index < -0.39 is 0 Å². The second-order valence-corrected chi connectivity index (χ2v) is 7.16. The zero-order chi connectivity index (χ0) is 19.7. The van der Waals surface area contributed by atoms with Crippen LogP contribution in [0.5, 0.6) is 0 Å². The van der Waals surface area contributed by atoms with Crippen molar-refractivity contribution in [1.29, 1.82) is 0 Å². The third kappa shape index (κ3) is 3.41. The topological polar surface area (TPSA) is 79.7 Å². The molecule has 2 saturated heterocycles. The van der Waals surface area contributed by atoms with E-state index in [2.05, 4.69) is 17.1 Å². The van der Waals surface area contributed by atoms with Gasteiger partial charge in [-0.2, -0.15) is 5.10 Å². The molecule has 3 heterocycles. The van der Waals surface area contributed by atoms with E-state index in [1.807, 2.05) is 41.9 Å². The van der Waals surface area contributed by atoms with Crippen molar-refractivity contribution in [1.82, 2.24) is 24.9 Å². The van der Waals surface area contributed by atoms with Crippen LogP contribution in [0.4, 0.5) is 4.79 Å². The van der Waals surface area contributed by atoms with Gasteiger partial charge in [0.1, 0.15) is 0 Å². The average Bonchev–Trinajstić information content (AvgIpc) is 3.19. The van der Waals surface area contributed by atoms with E-state index in [0.717, 1.165) is 29.2 Å². The number of amides is 3. The van der Waals surface area contributed by atoms with Gasteiger partial charge in [0.15, 0.2) is 0 Å². The molecule has 4 rings (SSSR count). The Labute approximate surface area is 164 Å². The lowest BCUT2D eigenvalue weighted by molar-refractivity contribution is -0.125. The lowest BCUT2D eigenvalue weighted by Crippen LogP contribution is -2.45. The van der Waals surface area contributed by atoms with E-state index in [1.54, 1.807) is 0 Å². The summed E-state index contributed by atoms with van der Waals surface area (Å²) in [6.45, 7) is 7.15. The first-order chi connectivity index (χ1) is 13.6. The molecule has 0 bridgehead atoms. The molecule has 0 saturated carbocycles. The van der Waals surface area contributed by atoms with Crippen LogP contribution in [0.15, 0.2) is 30.3 Å². The summed E-state index contributed by atoms with van der Waals surface area (Å²) in [6, 6.07) is 9.80. The molecule has 0 aliphatic carbocycles. The first kappa shape index (κ1) is 18.6. The molecule has 1 atom stereocenters. The normalized spacial score (nSPS) is 20.6. The summed E-state index contributed by atoms with van der Waals surface area (Å²) < 4.78 is 7.73. The van der Waals surface area contributed by atoms with Gasteiger partial charge in [0.05, 0.1) is 37.2 Å². The highest BCUT2D eigenvalue weighted by atomic mass is 16.5. The van der Waals surface area contributed by atoms with Gasteiger partial charge in [0.25, 0.3) is 0 Å². The molecule has 3 amide bonds. The number of carbonyl (C=O) groups is 2. The molecule has 2 aliphatic rings. The molecule has 0 radical (unpaired) electrons. The third-order valence-electron chi connectivity index (χ3n) is 5.47. The Bertz CT molecular complexity index is 863. The number of benzene rings is 1. The van der Waals surface area contributed by atoms with Gasteiger partial charge in [0, 0.05) is 30.9 Å². The number of ether oxygens (including phenoxy) is 1. The van der Waals surface area contributed by atoms with Crippen molar-refractivity contribution >= 4 is 11.9 Å². The Morgan fingerprint density at radius 1 is 1.18 bits per heavy atom. The van der Waals surface area contributed by atoms with Crippen LogP contribution in [0.25, 0.3) is 5.69 Å². The first-order valence-electron chi connectivity index (χ1n) is 9.58. The maximum absolute atomic E-state index is 11.9. The van der Waals surface area contributed by atoms with Gasteiger partial charge in [-0.05, 0) is 26.0 Å². The summed E-state index contributed by atoms with van der Waals surface area (Å²) in [6.07, 6.45) is 0. The van der Waals surface area contributed by atoms with Gasteiger partial charge >= 0.3 is 6.03 Å². The Kier molecular flexibility index (Phi) is 5.15. The standard InChI is InChI=1S/C20H25N5O3/c1-14-19(15(2)25(22-14)16-6-4-3-5-7-16)17-13-28-11-10-23(17)8-9-24-18(26)12-21-20(24)27/h3-7,17H,8-13H2,1-2H3,(H,21,27)/t17-/m1/s1. The number of morpholine rings is 1. The zero-order valence-electron chi connectivity index (χ0n) is 16.2. The second kappa shape index (κ2) is 7.73. The van der Waals surface area contributed by atoms with Crippen molar-refractivity contribution in [2.75, 3.05) is 39.4 Å². The van der Waals surface area contributed by atoms with E-state index in [1.165, 1.54) is 4.90 Å². The number of nitrogens with zero attached hydrogens (tertiary/aromatic N) is 4. The number of rotatable bonds is 5. The predicted molar refractivity (Wildman–Crippen MR) is 103 cm³/mol. The molecule has 8 heteroatoms. The average molecular weight is 383 g/mol. The fourth-order valence-electron chi connectivity index (χ4n) is 4.04. The third-order valence-corrected chi connectivity index (χ3v) is 5.47. The fourth-order valence-corrected chi connectivity index (χ4v) is 4.04. The van der Waals surface area contributed by atoms with Crippen LogP contribution in [0, 0.1) is 13.8 Å².